The molecule has 30 heavy (non-hydrogen) atoms. The lowest BCUT2D eigenvalue weighted by molar-refractivity contribution is -0.137. The molecule has 162 valence electrons. The van der Waals surface area contributed by atoms with Gasteiger partial charge in [-0.1, -0.05) is 24.3 Å². The van der Waals surface area contributed by atoms with E-state index >= 15 is 0 Å². The van der Waals surface area contributed by atoms with Crippen LogP contribution in [0.3, 0.4) is 0 Å². The van der Waals surface area contributed by atoms with Gasteiger partial charge in [0, 0.05) is 12.6 Å². The summed E-state index contributed by atoms with van der Waals surface area (Å²) in [6.45, 7) is 1.11. The number of rotatable bonds is 7. The Morgan fingerprint density at radius 3 is 2.53 bits per heavy atom. The quantitative estimate of drug-likeness (QED) is 0.527. The molecule has 0 spiro atoms. The maximum Gasteiger partial charge on any atom is 0.417 e. The molecule has 0 aliphatic heterocycles. The van der Waals surface area contributed by atoms with Gasteiger partial charge in [0.2, 0.25) is 10.0 Å². The number of nitrogens with zero attached hydrogens (tertiary/aromatic N) is 2. The minimum absolute atomic E-state index is 0.108. The molecule has 0 saturated heterocycles. The summed E-state index contributed by atoms with van der Waals surface area (Å²) in [5.74, 6) is -0.705. The van der Waals surface area contributed by atoms with Crippen LogP contribution < -0.4 is 10.2 Å². The zero-order valence-corrected chi connectivity index (χ0v) is 17.2. The van der Waals surface area contributed by atoms with Crippen LogP contribution >= 0.6 is 0 Å². The summed E-state index contributed by atoms with van der Waals surface area (Å²) in [6.07, 6.45) is -3.73. The molecule has 1 amide bonds. The first-order valence-corrected chi connectivity index (χ1v) is 10.00. The van der Waals surface area contributed by atoms with Crippen LogP contribution in [-0.2, 0) is 21.0 Å². The van der Waals surface area contributed by atoms with Crippen LogP contribution in [0.2, 0.25) is 0 Å². The van der Waals surface area contributed by atoms with E-state index in [4.69, 9.17) is 4.74 Å². The number of carbonyl (C=O) groups excluding carboxylic acids is 1. The van der Waals surface area contributed by atoms with E-state index in [0.29, 0.717) is 5.56 Å². The first-order chi connectivity index (χ1) is 14.0. The third kappa shape index (κ3) is 5.57. The summed E-state index contributed by atoms with van der Waals surface area (Å²) in [7, 11) is -1.54. The Balaban J connectivity index is 2.10. The number of ether oxygens (including phenoxy) is 1. The van der Waals surface area contributed by atoms with Gasteiger partial charge in [-0.25, -0.2) is 13.8 Å². The van der Waals surface area contributed by atoms with Gasteiger partial charge in [-0.15, -0.1) is 0 Å². The highest BCUT2D eigenvalue weighted by Crippen LogP contribution is 2.31. The number of sulfonamides is 1. The molecular formula is C19H20F3N3O4S. The second kappa shape index (κ2) is 9.26. The molecule has 7 nitrogen and oxygen atoms in total. The molecular weight excluding hydrogens is 423 g/mol. The number of amides is 1. The van der Waals surface area contributed by atoms with Crippen LogP contribution in [0, 0.1) is 6.92 Å². The Morgan fingerprint density at radius 1 is 1.23 bits per heavy atom. The van der Waals surface area contributed by atoms with E-state index in [2.05, 4.69) is 5.10 Å². The summed E-state index contributed by atoms with van der Waals surface area (Å²) in [4.78, 5) is 11.9. The van der Waals surface area contributed by atoms with Gasteiger partial charge in [0.15, 0.2) is 0 Å². The van der Waals surface area contributed by atoms with E-state index in [9.17, 15) is 26.4 Å². The van der Waals surface area contributed by atoms with E-state index in [1.54, 1.807) is 13.0 Å². The fourth-order valence-corrected chi connectivity index (χ4v) is 3.88. The maximum atomic E-state index is 13.0. The Hall–Kier alpha value is -2.92. The predicted molar refractivity (Wildman–Crippen MR) is 105 cm³/mol. The molecule has 0 bridgehead atoms. The SMILES string of the molecule is COc1ccc(C)cc1S(=O)(=O)N(C)CC(=O)N/N=C/c1ccccc1C(F)(F)F. The highest BCUT2D eigenvalue weighted by molar-refractivity contribution is 7.89. The molecule has 2 rings (SSSR count). The lowest BCUT2D eigenvalue weighted by Gasteiger charge is -2.18. The number of methoxy groups -OCH3 is 1. The number of likely N-dealkylation sites (N-methyl/N-ethyl adjacent to an activating group) is 1. The van der Waals surface area contributed by atoms with E-state index in [1.165, 1.54) is 44.5 Å². The third-order valence-corrected chi connectivity index (χ3v) is 5.86. The predicted octanol–water partition coefficient (Wildman–Crippen LogP) is 2.79. The van der Waals surface area contributed by atoms with Crippen LogP contribution in [0.15, 0.2) is 52.5 Å². The summed E-state index contributed by atoms with van der Waals surface area (Å²) in [6, 6.07) is 9.30. The first-order valence-electron chi connectivity index (χ1n) is 8.56. The molecule has 0 saturated carbocycles. The number of carbonyl (C=O) groups is 1. The number of aryl methyl sites for hydroxylation is 1. The molecule has 0 fully saturated rings. The van der Waals surface area contributed by atoms with Crippen molar-refractivity contribution in [2.24, 2.45) is 5.10 Å². The Bertz CT molecular complexity index is 1050. The molecule has 11 heteroatoms. The van der Waals surface area contributed by atoms with Gasteiger partial charge in [-0.2, -0.15) is 22.6 Å². The van der Waals surface area contributed by atoms with Crippen LogP contribution in [0.5, 0.6) is 5.75 Å². The third-order valence-electron chi connectivity index (χ3n) is 4.03. The van der Waals surface area contributed by atoms with Crippen molar-refractivity contribution in [1.82, 2.24) is 9.73 Å². The van der Waals surface area contributed by atoms with Crippen molar-refractivity contribution >= 4 is 22.1 Å². The normalized spacial score (nSPS) is 12.4. The zero-order valence-electron chi connectivity index (χ0n) is 16.4. The minimum Gasteiger partial charge on any atom is -0.495 e. The molecule has 0 aliphatic carbocycles. The van der Waals surface area contributed by atoms with E-state index < -0.39 is 34.2 Å². The number of hydrogen-bond donors (Lipinski definition) is 1. The van der Waals surface area contributed by atoms with Crippen LogP contribution in [0.1, 0.15) is 16.7 Å². The Kier molecular flexibility index (Phi) is 7.21. The molecule has 0 aromatic heterocycles. The minimum atomic E-state index is -4.58. The van der Waals surface area contributed by atoms with Crippen molar-refractivity contribution in [1.29, 1.82) is 0 Å². The molecule has 0 unspecified atom stereocenters. The number of benzene rings is 2. The zero-order chi connectivity index (χ0) is 22.5. The van der Waals surface area contributed by atoms with E-state index in [1.807, 2.05) is 5.43 Å². The van der Waals surface area contributed by atoms with Crippen molar-refractivity contribution in [2.75, 3.05) is 20.7 Å². The van der Waals surface area contributed by atoms with Crippen LogP contribution in [0.25, 0.3) is 0 Å². The summed E-state index contributed by atoms with van der Waals surface area (Å²) in [5, 5.41) is 3.50. The molecule has 1 N–H and O–H groups in total. The standard InChI is InChI=1S/C19H20F3N3O4S/c1-13-8-9-16(29-3)17(10-13)30(27,28)25(2)12-18(26)24-23-11-14-6-4-5-7-15(14)19(20,21)22/h4-11H,12H2,1-3H3,(H,24,26)/b23-11+. The topological polar surface area (TPSA) is 88.1 Å². The molecule has 0 heterocycles. The molecule has 0 aliphatic rings. The average Bonchev–Trinajstić information content (AvgIpc) is 2.67. The van der Waals surface area contributed by atoms with Crippen molar-refractivity contribution in [3.63, 3.8) is 0 Å². The van der Waals surface area contributed by atoms with Crippen LogP contribution in [0.4, 0.5) is 13.2 Å². The van der Waals surface area contributed by atoms with Gasteiger partial charge in [-0.3, -0.25) is 4.79 Å². The average molecular weight is 443 g/mol. The second-order valence-electron chi connectivity index (χ2n) is 6.29. The molecule has 0 atom stereocenters. The van der Waals surface area contributed by atoms with Crippen molar-refractivity contribution in [3.05, 3.63) is 59.2 Å². The van der Waals surface area contributed by atoms with Gasteiger partial charge >= 0.3 is 6.18 Å². The number of halogens is 3. The van der Waals surface area contributed by atoms with Gasteiger partial charge in [0.1, 0.15) is 10.6 Å². The number of nitrogens with one attached hydrogen (secondary N) is 1. The maximum absolute atomic E-state index is 13.0. The monoisotopic (exact) mass is 443 g/mol. The molecule has 2 aromatic carbocycles. The van der Waals surface area contributed by atoms with Gasteiger partial charge < -0.3 is 4.74 Å². The van der Waals surface area contributed by atoms with Gasteiger partial charge in [0.05, 0.1) is 25.4 Å². The molecule has 2 aromatic rings. The molecule has 0 radical (unpaired) electrons. The smallest absolute Gasteiger partial charge is 0.417 e. The van der Waals surface area contributed by atoms with E-state index in [-0.39, 0.29) is 16.2 Å². The van der Waals surface area contributed by atoms with Crippen molar-refractivity contribution < 1.29 is 31.1 Å². The second-order valence-corrected chi connectivity index (χ2v) is 8.31. The number of hydrazone groups is 1. The fraction of sp³-hybridized carbons (Fsp3) is 0.263. The first kappa shape index (κ1) is 23.4. The fourth-order valence-electron chi connectivity index (χ4n) is 2.52. The summed E-state index contributed by atoms with van der Waals surface area (Å²) >= 11 is 0. The van der Waals surface area contributed by atoms with Crippen molar-refractivity contribution in [2.45, 2.75) is 18.0 Å². The van der Waals surface area contributed by atoms with Gasteiger partial charge in [-0.05, 0) is 30.7 Å². The summed E-state index contributed by atoms with van der Waals surface area (Å²) < 4.78 is 70.2. The summed E-state index contributed by atoms with van der Waals surface area (Å²) in [5.41, 5.74) is 1.56. The lowest BCUT2D eigenvalue weighted by Crippen LogP contribution is -2.36. The highest BCUT2D eigenvalue weighted by Gasteiger charge is 2.32. The van der Waals surface area contributed by atoms with Crippen molar-refractivity contribution in [3.8, 4) is 5.75 Å². The largest absolute Gasteiger partial charge is 0.495 e. The lowest BCUT2D eigenvalue weighted by atomic mass is 10.1. The Morgan fingerprint density at radius 2 is 1.90 bits per heavy atom. The van der Waals surface area contributed by atoms with Crippen LogP contribution in [-0.4, -0.2) is 45.5 Å². The number of hydrogen-bond acceptors (Lipinski definition) is 5. The van der Waals surface area contributed by atoms with Gasteiger partial charge in [0.25, 0.3) is 5.91 Å². The number of alkyl halides is 3. The van der Waals surface area contributed by atoms with E-state index in [0.717, 1.165) is 16.6 Å². The highest BCUT2D eigenvalue weighted by atomic mass is 32.2. The Labute approximate surface area is 172 Å².